The summed E-state index contributed by atoms with van der Waals surface area (Å²) < 4.78 is 5.74. The molecule has 5 heteroatoms. The van der Waals surface area contributed by atoms with Gasteiger partial charge < -0.3 is 15.0 Å². The van der Waals surface area contributed by atoms with Gasteiger partial charge in [0, 0.05) is 31.6 Å². The van der Waals surface area contributed by atoms with Crippen LogP contribution in [0.4, 0.5) is 5.69 Å². The van der Waals surface area contributed by atoms with Gasteiger partial charge in [-0.3, -0.25) is 0 Å². The minimum Gasteiger partial charge on any atom is -0.477 e. The Labute approximate surface area is 130 Å². The van der Waals surface area contributed by atoms with Crippen molar-refractivity contribution in [2.45, 2.75) is 13.3 Å². The highest BCUT2D eigenvalue weighted by atomic mass is 16.5. The summed E-state index contributed by atoms with van der Waals surface area (Å²) >= 11 is 0. The molecule has 0 spiro atoms. The number of nitrogens with one attached hydrogen (secondary N) is 1. The van der Waals surface area contributed by atoms with Gasteiger partial charge in [0.05, 0.1) is 17.8 Å². The molecule has 3 rings (SSSR count). The van der Waals surface area contributed by atoms with Crippen molar-refractivity contribution in [1.82, 2.24) is 10.3 Å². The minimum absolute atomic E-state index is 0.455. The molecule has 1 aromatic carbocycles. The molecular formula is C17H20N4O. The number of ether oxygens (including phenoxy) is 1. The van der Waals surface area contributed by atoms with Crippen LogP contribution < -0.4 is 15.0 Å². The number of hydrogen-bond donors (Lipinski definition) is 1. The summed E-state index contributed by atoms with van der Waals surface area (Å²) in [5.41, 5.74) is 2.39. The summed E-state index contributed by atoms with van der Waals surface area (Å²) in [4.78, 5) is 6.81. The number of nitriles is 1. The fourth-order valence-corrected chi connectivity index (χ4v) is 2.79. The molecule has 0 aliphatic carbocycles. The Morgan fingerprint density at radius 2 is 2.09 bits per heavy atom. The maximum atomic E-state index is 9.68. The fourth-order valence-electron chi connectivity index (χ4n) is 2.79. The van der Waals surface area contributed by atoms with Crippen molar-refractivity contribution < 1.29 is 4.74 Å². The monoisotopic (exact) mass is 296 g/mol. The Morgan fingerprint density at radius 3 is 2.82 bits per heavy atom. The number of pyridine rings is 1. The molecule has 0 unspecified atom stereocenters. The van der Waals surface area contributed by atoms with Crippen molar-refractivity contribution in [3.63, 3.8) is 0 Å². The van der Waals surface area contributed by atoms with Crippen LogP contribution in [0, 0.1) is 11.3 Å². The summed E-state index contributed by atoms with van der Waals surface area (Å²) in [6.45, 7) is 6.23. The summed E-state index contributed by atoms with van der Waals surface area (Å²) in [6.07, 6.45) is 0.891. The molecule has 22 heavy (non-hydrogen) atoms. The van der Waals surface area contributed by atoms with Crippen LogP contribution in [0.1, 0.15) is 18.9 Å². The van der Waals surface area contributed by atoms with E-state index in [1.165, 1.54) is 0 Å². The van der Waals surface area contributed by atoms with Gasteiger partial charge in [-0.15, -0.1) is 0 Å². The van der Waals surface area contributed by atoms with Crippen molar-refractivity contribution in [3.8, 4) is 11.9 Å². The molecule has 0 atom stereocenters. The maximum absolute atomic E-state index is 9.68. The number of para-hydroxylation sites is 1. The molecule has 2 heterocycles. The van der Waals surface area contributed by atoms with Gasteiger partial charge >= 0.3 is 0 Å². The smallest absolute Gasteiger partial charge is 0.234 e. The van der Waals surface area contributed by atoms with Crippen molar-refractivity contribution >= 4 is 16.6 Å². The predicted octanol–water partition coefficient (Wildman–Crippen LogP) is 2.30. The van der Waals surface area contributed by atoms with E-state index in [1.54, 1.807) is 0 Å². The maximum Gasteiger partial charge on any atom is 0.234 e. The lowest BCUT2D eigenvalue weighted by atomic mass is 10.1. The molecule has 1 aliphatic rings. The first-order valence-electron chi connectivity index (χ1n) is 7.76. The highest BCUT2D eigenvalue weighted by Gasteiger charge is 2.22. The molecule has 1 aromatic heterocycles. The van der Waals surface area contributed by atoms with Crippen molar-refractivity contribution in [2.24, 2.45) is 0 Å². The largest absolute Gasteiger partial charge is 0.477 e. The fraction of sp³-hybridized carbons (Fsp3) is 0.412. The van der Waals surface area contributed by atoms with Crippen molar-refractivity contribution in [3.05, 3.63) is 29.8 Å². The standard InChI is InChI=1S/C17H20N4O/c1-2-11-22-17-14(12-18)16(21-9-7-19-8-10-21)13-5-3-4-6-15(13)20-17/h3-6,19H,2,7-11H2,1H3. The van der Waals surface area contributed by atoms with Gasteiger partial charge in [-0.1, -0.05) is 25.1 Å². The second kappa shape index (κ2) is 6.63. The van der Waals surface area contributed by atoms with E-state index < -0.39 is 0 Å². The molecule has 0 saturated carbocycles. The zero-order valence-electron chi connectivity index (χ0n) is 12.8. The highest BCUT2D eigenvalue weighted by molar-refractivity contribution is 5.96. The van der Waals surface area contributed by atoms with E-state index in [0.29, 0.717) is 18.1 Å². The second-order valence-electron chi connectivity index (χ2n) is 5.36. The van der Waals surface area contributed by atoms with Gasteiger partial charge in [0.25, 0.3) is 0 Å². The quantitative estimate of drug-likeness (QED) is 0.938. The molecule has 0 bridgehead atoms. The van der Waals surface area contributed by atoms with E-state index in [2.05, 4.69) is 21.3 Å². The molecule has 1 fully saturated rings. The van der Waals surface area contributed by atoms with Gasteiger partial charge in [0.1, 0.15) is 11.6 Å². The van der Waals surface area contributed by atoms with Crippen LogP contribution in [0.15, 0.2) is 24.3 Å². The average Bonchev–Trinajstić information content (AvgIpc) is 2.59. The molecule has 0 radical (unpaired) electrons. The zero-order valence-corrected chi connectivity index (χ0v) is 12.8. The van der Waals surface area contributed by atoms with Crippen LogP contribution >= 0.6 is 0 Å². The van der Waals surface area contributed by atoms with Crippen LogP contribution in [0.2, 0.25) is 0 Å². The van der Waals surface area contributed by atoms with E-state index in [-0.39, 0.29) is 0 Å². The van der Waals surface area contributed by atoms with E-state index in [4.69, 9.17) is 4.74 Å². The van der Waals surface area contributed by atoms with Crippen LogP contribution in [-0.2, 0) is 0 Å². The normalized spacial score (nSPS) is 14.8. The lowest BCUT2D eigenvalue weighted by Gasteiger charge is -2.31. The number of benzene rings is 1. The Bertz CT molecular complexity index is 702. The Morgan fingerprint density at radius 1 is 1.32 bits per heavy atom. The number of piperazine rings is 1. The molecular weight excluding hydrogens is 276 g/mol. The number of rotatable bonds is 4. The number of nitrogens with zero attached hydrogens (tertiary/aromatic N) is 3. The van der Waals surface area contributed by atoms with Crippen LogP contribution in [0.5, 0.6) is 5.88 Å². The average molecular weight is 296 g/mol. The third-order valence-electron chi connectivity index (χ3n) is 3.82. The Hall–Kier alpha value is -2.32. The van der Waals surface area contributed by atoms with E-state index in [1.807, 2.05) is 31.2 Å². The van der Waals surface area contributed by atoms with Gasteiger partial charge in [-0.2, -0.15) is 5.26 Å². The van der Waals surface area contributed by atoms with Crippen LogP contribution in [-0.4, -0.2) is 37.8 Å². The molecule has 1 saturated heterocycles. The summed E-state index contributed by atoms with van der Waals surface area (Å²) in [7, 11) is 0. The first kappa shape index (κ1) is 14.6. The Kier molecular flexibility index (Phi) is 4.40. The van der Waals surface area contributed by atoms with Crippen LogP contribution in [0.3, 0.4) is 0 Å². The van der Waals surface area contributed by atoms with Crippen LogP contribution in [0.25, 0.3) is 10.9 Å². The lowest BCUT2D eigenvalue weighted by Crippen LogP contribution is -2.44. The number of aromatic nitrogens is 1. The zero-order chi connectivity index (χ0) is 15.4. The topological polar surface area (TPSA) is 61.2 Å². The summed E-state index contributed by atoms with van der Waals surface area (Å²) in [5.74, 6) is 0.455. The minimum atomic E-state index is 0.455. The first-order valence-corrected chi connectivity index (χ1v) is 7.76. The molecule has 0 amide bonds. The third kappa shape index (κ3) is 2.70. The SMILES string of the molecule is CCCOc1nc2ccccc2c(N2CCNCC2)c1C#N. The van der Waals surface area contributed by atoms with E-state index >= 15 is 0 Å². The molecule has 1 N–H and O–H groups in total. The predicted molar refractivity (Wildman–Crippen MR) is 87.3 cm³/mol. The number of hydrogen-bond acceptors (Lipinski definition) is 5. The molecule has 114 valence electrons. The van der Waals surface area contributed by atoms with Gasteiger partial charge in [0.15, 0.2) is 0 Å². The number of anilines is 1. The van der Waals surface area contributed by atoms with E-state index in [0.717, 1.165) is 49.2 Å². The van der Waals surface area contributed by atoms with Crippen molar-refractivity contribution in [2.75, 3.05) is 37.7 Å². The Balaban J connectivity index is 2.18. The highest BCUT2D eigenvalue weighted by Crippen LogP contribution is 2.35. The summed E-state index contributed by atoms with van der Waals surface area (Å²) in [5, 5.41) is 14.0. The third-order valence-corrected chi connectivity index (χ3v) is 3.82. The number of fused-ring (bicyclic) bond motifs is 1. The molecule has 1 aliphatic heterocycles. The molecule has 5 nitrogen and oxygen atoms in total. The molecule has 2 aromatic rings. The second-order valence-corrected chi connectivity index (χ2v) is 5.36. The van der Waals surface area contributed by atoms with Gasteiger partial charge in [-0.25, -0.2) is 4.98 Å². The van der Waals surface area contributed by atoms with E-state index in [9.17, 15) is 5.26 Å². The van der Waals surface area contributed by atoms with Gasteiger partial charge in [0.2, 0.25) is 5.88 Å². The summed E-state index contributed by atoms with van der Waals surface area (Å²) in [6, 6.07) is 10.3. The first-order chi connectivity index (χ1) is 10.8. The lowest BCUT2D eigenvalue weighted by molar-refractivity contribution is 0.305. The van der Waals surface area contributed by atoms with Crippen molar-refractivity contribution in [1.29, 1.82) is 5.26 Å². The van der Waals surface area contributed by atoms with Gasteiger partial charge in [-0.05, 0) is 12.5 Å².